The summed E-state index contributed by atoms with van der Waals surface area (Å²) in [6.07, 6.45) is 0. The van der Waals surface area contributed by atoms with E-state index in [9.17, 15) is 0 Å². The summed E-state index contributed by atoms with van der Waals surface area (Å²) < 4.78 is 0. The van der Waals surface area contributed by atoms with Gasteiger partial charge in [0.2, 0.25) is 0 Å². The van der Waals surface area contributed by atoms with Crippen LogP contribution in [0.4, 0.5) is 0 Å². The lowest BCUT2D eigenvalue weighted by Gasteiger charge is -2.21. The maximum absolute atomic E-state index is 6.32. The van der Waals surface area contributed by atoms with Gasteiger partial charge in [0.05, 0.1) is 0 Å². The van der Waals surface area contributed by atoms with Gasteiger partial charge in [-0.25, -0.2) is 0 Å². The van der Waals surface area contributed by atoms with Crippen LogP contribution in [-0.4, -0.2) is 0 Å². The molecule has 8 aromatic carbocycles. The molecule has 0 N–H and O–H groups in total. The summed E-state index contributed by atoms with van der Waals surface area (Å²) in [7, 11) is 0. The van der Waals surface area contributed by atoms with E-state index < -0.39 is 0 Å². The SMILES string of the molecule is Clc1ccc(-c2cc(-c3ccccc3)c3ccc4c(-c5ccc(Cl)cc5)cc(-c5ccccc5)c5ccc2c3c54)cc1. The zero-order valence-electron chi connectivity index (χ0n) is 22.6. The monoisotopic (exact) mass is 574 g/mol. The summed E-state index contributed by atoms with van der Waals surface area (Å²) in [5.41, 5.74) is 9.54. The van der Waals surface area contributed by atoms with E-state index >= 15 is 0 Å². The van der Waals surface area contributed by atoms with Crippen LogP contribution in [0.3, 0.4) is 0 Å². The number of benzene rings is 8. The van der Waals surface area contributed by atoms with Crippen LogP contribution in [0.2, 0.25) is 10.0 Å². The molecule has 0 spiro atoms. The highest BCUT2D eigenvalue weighted by atomic mass is 35.5. The van der Waals surface area contributed by atoms with E-state index in [1.54, 1.807) is 0 Å². The lowest BCUT2D eigenvalue weighted by Crippen LogP contribution is -1.94. The molecule has 0 aliphatic carbocycles. The Kier molecular flexibility index (Phi) is 6.00. The van der Waals surface area contributed by atoms with Crippen molar-refractivity contribution in [3.8, 4) is 44.5 Å². The molecule has 0 bridgehead atoms. The van der Waals surface area contributed by atoms with Crippen molar-refractivity contribution in [1.29, 1.82) is 0 Å². The molecule has 0 fully saturated rings. The number of hydrogen-bond donors (Lipinski definition) is 0. The van der Waals surface area contributed by atoms with E-state index in [2.05, 4.69) is 121 Å². The molecule has 0 aromatic heterocycles. The minimum Gasteiger partial charge on any atom is -0.0843 e. The van der Waals surface area contributed by atoms with Crippen molar-refractivity contribution in [1.82, 2.24) is 0 Å². The van der Waals surface area contributed by atoms with Gasteiger partial charge < -0.3 is 0 Å². The minimum absolute atomic E-state index is 0.736. The van der Waals surface area contributed by atoms with Crippen molar-refractivity contribution in [2.45, 2.75) is 0 Å². The van der Waals surface area contributed by atoms with Crippen LogP contribution in [0.25, 0.3) is 76.8 Å². The van der Waals surface area contributed by atoms with Gasteiger partial charge in [-0.2, -0.15) is 0 Å². The van der Waals surface area contributed by atoms with Gasteiger partial charge in [-0.1, -0.05) is 132 Å². The number of hydrogen-bond acceptors (Lipinski definition) is 0. The Morgan fingerprint density at radius 3 is 0.881 bits per heavy atom. The van der Waals surface area contributed by atoms with Gasteiger partial charge in [0.25, 0.3) is 0 Å². The molecule has 2 heteroatoms. The molecule has 0 aliphatic heterocycles. The lowest BCUT2D eigenvalue weighted by molar-refractivity contribution is 1.62. The zero-order valence-corrected chi connectivity index (χ0v) is 24.1. The van der Waals surface area contributed by atoms with Crippen molar-refractivity contribution >= 4 is 55.5 Å². The summed E-state index contributed by atoms with van der Waals surface area (Å²) >= 11 is 12.6. The van der Waals surface area contributed by atoms with Crippen LogP contribution in [0.5, 0.6) is 0 Å². The molecular weight excluding hydrogens is 551 g/mol. The molecule has 0 aliphatic rings. The highest BCUT2D eigenvalue weighted by Gasteiger charge is 2.20. The molecule has 0 radical (unpaired) electrons. The molecule has 0 saturated carbocycles. The van der Waals surface area contributed by atoms with Gasteiger partial charge >= 0.3 is 0 Å². The predicted octanol–water partition coefficient (Wildman–Crippen LogP) is 12.6. The Balaban J connectivity index is 1.57. The molecule has 0 unspecified atom stereocenters. The predicted molar refractivity (Wildman–Crippen MR) is 182 cm³/mol. The summed E-state index contributed by atoms with van der Waals surface area (Å²) in [5, 5.41) is 9.00. The molecule has 0 amide bonds. The van der Waals surface area contributed by atoms with Crippen LogP contribution in [0.15, 0.2) is 146 Å². The third-order valence-electron chi connectivity index (χ3n) is 8.38. The fourth-order valence-electron chi connectivity index (χ4n) is 6.44. The third kappa shape index (κ3) is 4.07. The van der Waals surface area contributed by atoms with Crippen molar-refractivity contribution in [3.05, 3.63) is 156 Å². The van der Waals surface area contributed by atoms with E-state index in [0.29, 0.717) is 0 Å². The van der Waals surface area contributed by atoms with Crippen LogP contribution >= 0.6 is 23.2 Å². The summed E-state index contributed by atoms with van der Waals surface area (Å²) in [4.78, 5) is 0. The first kappa shape index (κ1) is 25.1. The second-order valence-corrected chi connectivity index (χ2v) is 11.6. The van der Waals surface area contributed by atoms with Crippen LogP contribution in [0, 0.1) is 0 Å². The van der Waals surface area contributed by atoms with E-state index in [1.165, 1.54) is 65.7 Å². The van der Waals surface area contributed by atoms with Crippen LogP contribution < -0.4 is 0 Å². The van der Waals surface area contributed by atoms with Gasteiger partial charge in [0.15, 0.2) is 0 Å². The quantitative estimate of drug-likeness (QED) is 0.183. The largest absolute Gasteiger partial charge is 0.0843 e. The van der Waals surface area contributed by atoms with Crippen molar-refractivity contribution in [2.24, 2.45) is 0 Å². The number of halogens is 2. The van der Waals surface area contributed by atoms with E-state index in [0.717, 1.165) is 21.2 Å². The van der Waals surface area contributed by atoms with Crippen LogP contribution in [-0.2, 0) is 0 Å². The van der Waals surface area contributed by atoms with Crippen molar-refractivity contribution in [2.75, 3.05) is 0 Å². The minimum atomic E-state index is 0.736. The second-order valence-electron chi connectivity index (χ2n) is 10.8. The number of rotatable bonds is 4. The lowest BCUT2D eigenvalue weighted by atomic mass is 9.82. The Hall–Kier alpha value is -4.62. The molecule has 0 heterocycles. The van der Waals surface area contributed by atoms with Crippen molar-refractivity contribution in [3.63, 3.8) is 0 Å². The molecule has 0 atom stereocenters. The average molecular weight is 576 g/mol. The Morgan fingerprint density at radius 1 is 0.286 bits per heavy atom. The van der Waals surface area contributed by atoms with Gasteiger partial charge in [-0.05, 0) is 113 Å². The Labute approximate surface area is 254 Å². The van der Waals surface area contributed by atoms with E-state index in [4.69, 9.17) is 23.2 Å². The van der Waals surface area contributed by atoms with Crippen LogP contribution in [0.1, 0.15) is 0 Å². The zero-order chi connectivity index (χ0) is 28.2. The smallest absolute Gasteiger partial charge is 0.0406 e. The maximum atomic E-state index is 6.32. The Morgan fingerprint density at radius 2 is 0.571 bits per heavy atom. The first-order valence-corrected chi connectivity index (χ1v) is 14.8. The standard InChI is InChI=1S/C40H24Cl2/c41-29-15-11-27(12-16-29)37-23-35(25-7-3-1-4-8-25)31-19-21-34-38(28-13-17-30(42)18-14-28)24-36(26-9-5-2-6-10-26)32-20-22-33(37)39(31)40(32)34/h1-24H. The normalized spacial score (nSPS) is 11.6. The highest BCUT2D eigenvalue weighted by molar-refractivity contribution is 6.33. The van der Waals surface area contributed by atoms with Gasteiger partial charge in [0, 0.05) is 10.0 Å². The summed E-state index contributed by atoms with van der Waals surface area (Å²) in [6, 6.07) is 51.7. The molecule has 0 saturated heterocycles. The summed E-state index contributed by atoms with van der Waals surface area (Å²) in [6.45, 7) is 0. The highest BCUT2D eigenvalue weighted by Crippen LogP contribution is 2.48. The second kappa shape index (κ2) is 10.0. The fraction of sp³-hybridized carbons (Fsp3) is 0. The topological polar surface area (TPSA) is 0 Å². The maximum Gasteiger partial charge on any atom is 0.0406 e. The molecule has 198 valence electrons. The first-order chi connectivity index (χ1) is 20.7. The molecule has 8 rings (SSSR count). The summed E-state index contributed by atoms with van der Waals surface area (Å²) in [5.74, 6) is 0. The van der Waals surface area contributed by atoms with Gasteiger partial charge in [0.1, 0.15) is 0 Å². The first-order valence-electron chi connectivity index (χ1n) is 14.1. The molecular formula is C40H24Cl2. The third-order valence-corrected chi connectivity index (χ3v) is 8.88. The molecule has 8 aromatic rings. The fourth-order valence-corrected chi connectivity index (χ4v) is 6.69. The molecule has 42 heavy (non-hydrogen) atoms. The van der Waals surface area contributed by atoms with E-state index in [1.807, 2.05) is 24.3 Å². The molecule has 0 nitrogen and oxygen atoms in total. The van der Waals surface area contributed by atoms with E-state index in [-0.39, 0.29) is 0 Å². The average Bonchev–Trinajstić information content (AvgIpc) is 3.05. The van der Waals surface area contributed by atoms with Crippen molar-refractivity contribution < 1.29 is 0 Å². The van der Waals surface area contributed by atoms with Gasteiger partial charge in [-0.3, -0.25) is 0 Å². The Bertz CT molecular complexity index is 2050. The van der Waals surface area contributed by atoms with Gasteiger partial charge in [-0.15, -0.1) is 0 Å².